The van der Waals surface area contributed by atoms with E-state index in [9.17, 15) is 0 Å². The third-order valence-electron chi connectivity index (χ3n) is 2.08. The van der Waals surface area contributed by atoms with Crippen LogP contribution < -0.4 is 10.1 Å². The maximum absolute atomic E-state index is 5.45. The van der Waals surface area contributed by atoms with E-state index < -0.39 is 0 Å². The molecule has 0 aliphatic heterocycles. The van der Waals surface area contributed by atoms with E-state index >= 15 is 0 Å². The van der Waals surface area contributed by atoms with Gasteiger partial charge in [0.1, 0.15) is 11.6 Å². The fourth-order valence-corrected chi connectivity index (χ4v) is 1.95. The Morgan fingerprint density at radius 2 is 2.06 bits per heavy atom. The molecule has 6 heteroatoms. The summed E-state index contributed by atoms with van der Waals surface area (Å²) in [4.78, 5) is 0. The summed E-state index contributed by atoms with van der Waals surface area (Å²) in [6.07, 6.45) is 1.03. The van der Waals surface area contributed by atoms with Gasteiger partial charge >= 0.3 is 0 Å². The first kappa shape index (κ1) is 15.3. The van der Waals surface area contributed by atoms with Crippen LogP contribution in [-0.2, 0) is 11.3 Å². The summed E-state index contributed by atoms with van der Waals surface area (Å²) in [5.74, 6) is 0.643. The molecule has 0 spiro atoms. The van der Waals surface area contributed by atoms with Crippen LogP contribution in [0.4, 0.5) is 0 Å². The predicted octanol–water partition coefficient (Wildman–Crippen LogP) is 2.09. The van der Waals surface area contributed by atoms with E-state index in [1.807, 2.05) is 0 Å². The average molecular weight is 273 g/mol. The van der Waals surface area contributed by atoms with E-state index in [4.69, 9.17) is 9.47 Å². The summed E-state index contributed by atoms with van der Waals surface area (Å²) in [5, 5.41) is 13.0. The first-order valence-corrected chi connectivity index (χ1v) is 7.27. The summed E-state index contributed by atoms with van der Waals surface area (Å²) in [5.41, 5.74) is 0. The zero-order valence-corrected chi connectivity index (χ0v) is 12.3. The van der Waals surface area contributed by atoms with Crippen molar-refractivity contribution in [2.45, 2.75) is 33.7 Å². The molecule has 0 aliphatic rings. The second-order valence-electron chi connectivity index (χ2n) is 4.45. The third-order valence-corrected chi connectivity index (χ3v) is 2.91. The lowest BCUT2D eigenvalue weighted by atomic mass is 10.2. The van der Waals surface area contributed by atoms with E-state index in [2.05, 4.69) is 36.3 Å². The zero-order chi connectivity index (χ0) is 13.2. The van der Waals surface area contributed by atoms with Gasteiger partial charge in [0.15, 0.2) is 0 Å². The van der Waals surface area contributed by atoms with Crippen LogP contribution in [-0.4, -0.2) is 36.6 Å². The van der Waals surface area contributed by atoms with Gasteiger partial charge in [-0.25, -0.2) is 0 Å². The molecule has 0 saturated carbocycles. The van der Waals surface area contributed by atoms with Crippen LogP contribution in [0.2, 0.25) is 0 Å². The summed E-state index contributed by atoms with van der Waals surface area (Å²) < 4.78 is 10.8. The number of rotatable bonds is 10. The zero-order valence-electron chi connectivity index (χ0n) is 11.4. The molecule has 0 aromatic carbocycles. The molecule has 0 saturated heterocycles. The monoisotopic (exact) mass is 273 g/mol. The molecular formula is C12H23N3O2S. The molecule has 0 bridgehead atoms. The molecule has 1 aromatic rings. The van der Waals surface area contributed by atoms with Gasteiger partial charge in [0, 0.05) is 13.2 Å². The highest BCUT2D eigenvalue weighted by molar-refractivity contribution is 7.13. The van der Waals surface area contributed by atoms with Crippen molar-refractivity contribution in [1.29, 1.82) is 0 Å². The highest BCUT2D eigenvalue weighted by Crippen LogP contribution is 2.17. The Morgan fingerprint density at radius 1 is 1.22 bits per heavy atom. The van der Waals surface area contributed by atoms with Gasteiger partial charge in [0.25, 0.3) is 5.19 Å². The van der Waals surface area contributed by atoms with E-state index in [0.29, 0.717) is 24.3 Å². The molecule has 18 heavy (non-hydrogen) atoms. The molecule has 0 amide bonds. The highest BCUT2D eigenvalue weighted by atomic mass is 32.1. The summed E-state index contributed by atoms with van der Waals surface area (Å²) in [6.45, 7) is 10.1. The van der Waals surface area contributed by atoms with Crippen molar-refractivity contribution in [1.82, 2.24) is 15.5 Å². The van der Waals surface area contributed by atoms with Gasteiger partial charge in [-0.3, -0.25) is 0 Å². The molecule has 0 aliphatic carbocycles. The van der Waals surface area contributed by atoms with Crippen LogP contribution in [0.3, 0.4) is 0 Å². The van der Waals surface area contributed by atoms with Gasteiger partial charge in [-0.15, -0.1) is 10.2 Å². The number of hydrogen-bond donors (Lipinski definition) is 1. The molecule has 5 nitrogen and oxygen atoms in total. The van der Waals surface area contributed by atoms with Crippen LogP contribution >= 0.6 is 11.3 Å². The van der Waals surface area contributed by atoms with Gasteiger partial charge in [-0.2, -0.15) is 0 Å². The Balaban J connectivity index is 2.13. The SMILES string of the molecule is CCCOCCOc1nnc(CNCC(C)C)s1. The van der Waals surface area contributed by atoms with Gasteiger partial charge in [-0.05, 0) is 18.9 Å². The standard InChI is InChI=1S/C12H23N3O2S/c1-4-5-16-6-7-17-12-15-14-11(18-12)9-13-8-10(2)3/h10,13H,4-9H2,1-3H3. The smallest absolute Gasteiger partial charge is 0.294 e. The molecule has 0 atom stereocenters. The Labute approximate surface area is 113 Å². The van der Waals surface area contributed by atoms with E-state index in [1.54, 1.807) is 0 Å². The minimum Gasteiger partial charge on any atom is -0.466 e. The summed E-state index contributed by atoms with van der Waals surface area (Å²) in [6, 6.07) is 0. The van der Waals surface area contributed by atoms with Crippen molar-refractivity contribution < 1.29 is 9.47 Å². The number of ether oxygens (including phenoxy) is 2. The number of hydrogen-bond acceptors (Lipinski definition) is 6. The molecule has 1 heterocycles. The van der Waals surface area contributed by atoms with Crippen LogP contribution in [0.15, 0.2) is 0 Å². The summed E-state index contributed by atoms with van der Waals surface area (Å²) >= 11 is 1.49. The molecule has 0 unspecified atom stereocenters. The van der Waals surface area contributed by atoms with Gasteiger partial charge in [-0.1, -0.05) is 32.1 Å². The largest absolute Gasteiger partial charge is 0.466 e. The molecule has 0 fully saturated rings. The van der Waals surface area contributed by atoms with Crippen molar-refractivity contribution in [3.63, 3.8) is 0 Å². The lowest BCUT2D eigenvalue weighted by Crippen LogP contribution is -2.18. The Hall–Kier alpha value is -0.720. The molecule has 1 N–H and O–H groups in total. The van der Waals surface area contributed by atoms with Crippen LogP contribution in [0.5, 0.6) is 5.19 Å². The van der Waals surface area contributed by atoms with E-state index in [1.165, 1.54) is 11.3 Å². The van der Waals surface area contributed by atoms with Gasteiger partial charge in [0.05, 0.1) is 6.61 Å². The second-order valence-corrected chi connectivity index (χ2v) is 5.47. The van der Waals surface area contributed by atoms with Crippen molar-refractivity contribution in [2.24, 2.45) is 5.92 Å². The van der Waals surface area contributed by atoms with E-state index in [0.717, 1.165) is 31.1 Å². The van der Waals surface area contributed by atoms with Crippen LogP contribution in [0, 0.1) is 5.92 Å². The quantitative estimate of drug-likeness (QED) is 0.662. The lowest BCUT2D eigenvalue weighted by Gasteiger charge is -2.04. The van der Waals surface area contributed by atoms with Gasteiger partial charge in [0.2, 0.25) is 0 Å². The maximum atomic E-state index is 5.45. The predicted molar refractivity (Wildman–Crippen MR) is 73.1 cm³/mol. The fourth-order valence-electron chi connectivity index (χ4n) is 1.27. The first-order valence-electron chi connectivity index (χ1n) is 6.46. The molecule has 1 aromatic heterocycles. The second kappa shape index (κ2) is 9.24. The Morgan fingerprint density at radius 3 is 2.78 bits per heavy atom. The highest BCUT2D eigenvalue weighted by Gasteiger charge is 2.05. The molecular weight excluding hydrogens is 250 g/mol. The summed E-state index contributed by atoms with van der Waals surface area (Å²) in [7, 11) is 0. The average Bonchev–Trinajstić information content (AvgIpc) is 2.76. The fraction of sp³-hybridized carbons (Fsp3) is 0.833. The normalized spacial score (nSPS) is 11.1. The Kier molecular flexibility index (Phi) is 7.88. The maximum Gasteiger partial charge on any atom is 0.294 e. The topological polar surface area (TPSA) is 56.3 Å². The number of nitrogens with zero attached hydrogens (tertiary/aromatic N) is 2. The van der Waals surface area contributed by atoms with E-state index in [-0.39, 0.29) is 0 Å². The molecule has 104 valence electrons. The first-order chi connectivity index (χ1) is 8.72. The van der Waals surface area contributed by atoms with Crippen molar-refractivity contribution in [2.75, 3.05) is 26.4 Å². The number of aromatic nitrogens is 2. The van der Waals surface area contributed by atoms with Gasteiger partial charge < -0.3 is 14.8 Å². The van der Waals surface area contributed by atoms with Crippen molar-refractivity contribution >= 4 is 11.3 Å². The van der Waals surface area contributed by atoms with Crippen LogP contribution in [0.25, 0.3) is 0 Å². The molecule has 1 rings (SSSR count). The number of nitrogens with one attached hydrogen (secondary N) is 1. The minimum atomic E-state index is 0.536. The Bertz CT molecular complexity index is 318. The lowest BCUT2D eigenvalue weighted by molar-refractivity contribution is 0.100. The third kappa shape index (κ3) is 6.88. The minimum absolute atomic E-state index is 0.536. The van der Waals surface area contributed by atoms with Crippen LogP contribution in [0.1, 0.15) is 32.2 Å². The van der Waals surface area contributed by atoms with Crippen molar-refractivity contribution in [3.05, 3.63) is 5.01 Å². The van der Waals surface area contributed by atoms with Crippen molar-refractivity contribution in [3.8, 4) is 5.19 Å². The molecule has 0 radical (unpaired) electrons.